The van der Waals surface area contributed by atoms with Gasteiger partial charge in [0.15, 0.2) is 5.78 Å². The average molecular weight is 313 g/mol. The third-order valence-electron chi connectivity index (χ3n) is 2.84. The zero-order chi connectivity index (χ0) is 14.9. The molecule has 0 saturated heterocycles. The number of ketones is 1. The van der Waals surface area contributed by atoms with Gasteiger partial charge in [0.25, 0.3) is 0 Å². The molecule has 108 valence electrons. The molecule has 2 aromatic rings. The van der Waals surface area contributed by atoms with Gasteiger partial charge in [-0.15, -0.1) is 11.3 Å². The normalized spacial score (nSPS) is 11.8. The van der Waals surface area contributed by atoms with Gasteiger partial charge in [0.1, 0.15) is 16.4 Å². The third-order valence-corrected chi connectivity index (χ3v) is 5.27. The highest BCUT2D eigenvalue weighted by atomic mass is 32.2. The van der Waals surface area contributed by atoms with E-state index in [0.29, 0.717) is 5.76 Å². The van der Waals surface area contributed by atoms with Crippen LogP contribution in [0.5, 0.6) is 0 Å². The molecule has 0 radical (unpaired) electrons. The molecule has 0 saturated carbocycles. The van der Waals surface area contributed by atoms with Crippen LogP contribution < -0.4 is 4.72 Å². The third kappa shape index (κ3) is 2.84. The van der Waals surface area contributed by atoms with E-state index < -0.39 is 10.0 Å². The fourth-order valence-corrected chi connectivity index (χ4v) is 4.25. The summed E-state index contributed by atoms with van der Waals surface area (Å²) in [6.45, 7) is 4.65. The molecule has 2 rings (SSSR count). The summed E-state index contributed by atoms with van der Waals surface area (Å²) in [5, 5.41) is 1.87. The highest BCUT2D eigenvalue weighted by molar-refractivity contribution is 7.89. The van der Waals surface area contributed by atoms with E-state index in [-0.39, 0.29) is 28.5 Å². The Morgan fingerprint density at radius 3 is 2.60 bits per heavy atom. The monoisotopic (exact) mass is 313 g/mol. The number of hydrogen-bond acceptors (Lipinski definition) is 5. The van der Waals surface area contributed by atoms with Crippen molar-refractivity contribution in [3.63, 3.8) is 0 Å². The summed E-state index contributed by atoms with van der Waals surface area (Å²) in [4.78, 5) is 12.5. The lowest BCUT2D eigenvalue weighted by atomic mass is 10.2. The Balaban J connectivity index is 2.37. The number of hydrogen-bond donors (Lipinski definition) is 1. The topological polar surface area (TPSA) is 76.4 Å². The maximum absolute atomic E-state index is 12.4. The summed E-state index contributed by atoms with van der Waals surface area (Å²) >= 11 is 1.46. The molecule has 1 N–H and O–H groups in total. The number of Topliss-reactive ketones (excluding diaryl/α,β-unsaturated/α-hetero) is 1. The van der Waals surface area contributed by atoms with Crippen LogP contribution in [0.1, 0.15) is 33.7 Å². The van der Waals surface area contributed by atoms with Crippen LogP contribution in [0, 0.1) is 13.8 Å². The fraction of sp³-hybridized carbons (Fsp3) is 0.308. The summed E-state index contributed by atoms with van der Waals surface area (Å²) in [6, 6.07) is 3.69. The number of rotatable bonds is 5. The van der Waals surface area contributed by atoms with Crippen LogP contribution in [-0.4, -0.2) is 14.2 Å². The first kappa shape index (κ1) is 15.0. The molecule has 2 heterocycles. The number of carbonyl (C=O) groups is 1. The van der Waals surface area contributed by atoms with Gasteiger partial charge in [0.05, 0.1) is 5.56 Å². The average Bonchev–Trinajstić information content (AvgIpc) is 2.94. The summed E-state index contributed by atoms with van der Waals surface area (Å²) in [5.74, 6) is 0.230. The zero-order valence-electron chi connectivity index (χ0n) is 11.4. The minimum Gasteiger partial charge on any atom is -0.464 e. The molecule has 0 fully saturated rings. The number of thiophene rings is 1. The van der Waals surface area contributed by atoms with Gasteiger partial charge >= 0.3 is 0 Å². The lowest BCUT2D eigenvalue weighted by molar-refractivity contribution is 0.101. The first-order valence-corrected chi connectivity index (χ1v) is 8.32. The van der Waals surface area contributed by atoms with E-state index in [0.717, 1.165) is 4.88 Å². The van der Waals surface area contributed by atoms with E-state index in [1.807, 2.05) is 17.5 Å². The van der Waals surface area contributed by atoms with Gasteiger partial charge in [0, 0.05) is 11.4 Å². The predicted octanol–water partition coefficient (Wildman–Crippen LogP) is 2.64. The van der Waals surface area contributed by atoms with Crippen molar-refractivity contribution in [3.8, 4) is 0 Å². The van der Waals surface area contributed by atoms with Crippen LogP contribution in [0.25, 0.3) is 0 Å². The largest absolute Gasteiger partial charge is 0.464 e. The fourth-order valence-electron chi connectivity index (χ4n) is 2.05. The van der Waals surface area contributed by atoms with Gasteiger partial charge in [-0.3, -0.25) is 4.79 Å². The standard InChI is InChI=1S/C13H15NO4S2/c1-8(15)12-9(2)18-10(3)13(12)20(16,17)14-7-11-5-4-6-19-11/h4-6,14H,7H2,1-3H3. The molecule has 0 amide bonds. The lowest BCUT2D eigenvalue weighted by Crippen LogP contribution is -2.24. The van der Waals surface area contributed by atoms with Gasteiger partial charge in [-0.2, -0.15) is 0 Å². The van der Waals surface area contributed by atoms with Crippen molar-refractivity contribution in [2.75, 3.05) is 0 Å². The molecule has 0 aliphatic carbocycles. The predicted molar refractivity (Wildman–Crippen MR) is 76.5 cm³/mol. The molecule has 2 aromatic heterocycles. The number of nitrogens with one attached hydrogen (secondary N) is 1. The second-order valence-corrected chi connectivity index (χ2v) is 7.11. The Morgan fingerprint density at radius 2 is 2.05 bits per heavy atom. The molecule has 0 spiro atoms. The summed E-state index contributed by atoms with van der Waals surface area (Å²) < 4.78 is 32.5. The summed E-state index contributed by atoms with van der Waals surface area (Å²) in [7, 11) is -3.78. The highest BCUT2D eigenvalue weighted by Crippen LogP contribution is 2.27. The Kier molecular flexibility index (Phi) is 4.12. The SMILES string of the molecule is CC(=O)c1c(C)oc(C)c1S(=O)(=O)NCc1cccs1. The first-order valence-electron chi connectivity index (χ1n) is 5.96. The van der Waals surface area contributed by atoms with Crippen LogP contribution in [0.3, 0.4) is 0 Å². The highest BCUT2D eigenvalue weighted by Gasteiger charge is 2.28. The minimum atomic E-state index is -3.78. The molecule has 0 unspecified atom stereocenters. The maximum Gasteiger partial charge on any atom is 0.245 e. The Morgan fingerprint density at radius 1 is 1.35 bits per heavy atom. The summed E-state index contributed by atoms with van der Waals surface area (Å²) in [5.41, 5.74) is 0.126. The van der Waals surface area contributed by atoms with E-state index in [9.17, 15) is 13.2 Å². The maximum atomic E-state index is 12.4. The van der Waals surface area contributed by atoms with E-state index in [4.69, 9.17) is 4.42 Å². The van der Waals surface area contributed by atoms with Crippen LogP contribution in [0.2, 0.25) is 0 Å². The Labute approximate surface area is 121 Å². The van der Waals surface area contributed by atoms with Gasteiger partial charge in [-0.05, 0) is 32.2 Å². The molecule has 5 nitrogen and oxygen atoms in total. The molecular weight excluding hydrogens is 298 g/mol. The van der Waals surface area contributed by atoms with Crippen molar-refractivity contribution in [3.05, 3.63) is 39.5 Å². The van der Waals surface area contributed by atoms with Crippen molar-refractivity contribution >= 4 is 27.1 Å². The smallest absolute Gasteiger partial charge is 0.245 e. The van der Waals surface area contributed by atoms with E-state index in [2.05, 4.69) is 4.72 Å². The van der Waals surface area contributed by atoms with Crippen LogP contribution in [0.15, 0.2) is 26.8 Å². The Bertz CT molecular complexity index is 727. The van der Waals surface area contributed by atoms with Crippen molar-refractivity contribution in [2.24, 2.45) is 0 Å². The van der Waals surface area contributed by atoms with Gasteiger partial charge < -0.3 is 4.42 Å². The van der Waals surface area contributed by atoms with Crippen molar-refractivity contribution < 1.29 is 17.6 Å². The van der Waals surface area contributed by atoms with Crippen LogP contribution >= 0.6 is 11.3 Å². The number of furan rings is 1. The molecule has 0 atom stereocenters. The first-order chi connectivity index (χ1) is 9.33. The van der Waals surface area contributed by atoms with Gasteiger partial charge in [0.2, 0.25) is 10.0 Å². The Hall–Kier alpha value is -1.44. The minimum absolute atomic E-state index is 0.0564. The molecule has 20 heavy (non-hydrogen) atoms. The van der Waals surface area contributed by atoms with Gasteiger partial charge in [-0.1, -0.05) is 6.07 Å². The molecule has 0 aromatic carbocycles. The van der Waals surface area contributed by atoms with E-state index in [1.165, 1.54) is 18.3 Å². The number of aryl methyl sites for hydroxylation is 2. The van der Waals surface area contributed by atoms with Crippen molar-refractivity contribution in [2.45, 2.75) is 32.2 Å². The van der Waals surface area contributed by atoms with Crippen molar-refractivity contribution in [1.29, 1.82) is 0 Å². The number of sulfonamides is 1. The second-order valence-electron chi connectivity index (χ2n) is 4.38. The lowest BCUT2D eigenvalue weighted by Gasteiger charge is -2.06. The quantitative estimate of drug-likeness (QED) is 0.861. The van der Waals surface area contributed by atoms with Crippen LogP contribution in [-0.2, 0) is 16.6 Å². The van der Waals surface area contributed by atoms with Gasteiger partial charge in [-0.25, -0.2) is 13.1 Å². The molecular formula is C13H15NO4S2. The zero-order valence-corrected chi connectivity index (χ0v) is 13.0. The second kappa shape index (κ2) is 5.51. The molecule has 0 aliphatic heterocycles. The van der Waals surface area contributed by atoms with Crippen LogP contribution in [0.4, 0.5) is 0 Å². The molecule has 0 aliphatic rings. The van der Waals surface area contributed by atoms with E-state index in [1.54, 1.807) is 13.8 Å². The summed E-state index contributed by atoms with van der Waals surface area (Å²) in [6.07, 6.45) is 0. The van der Waals surface area contributed by atoms with E-state index >= 15 is 0 Å². The van der Waals surface area contributed by atoms with Crippen molar-refractivity contribution in [1.82, 2.24) is 4.72 Å². The molecule has 0 bridgehead atoms. The number of carbonyl (C=O) groups excluding carboxylic acids is 1. The molecule has 7 heteroatoms.